The second kappa shape index (κ2) is 8.78. The Hall–Kier alpha value is -3.02. The highest BCUT2D eigenvalue weighted by Crippen LogP contribution is 2.20. The van der Waals surface area contributed by atoms with Crippen LogP contribution in [0.4, 0.5) is 5.69 Å². The predicted molar refractivity (Wildman–Crippen MR) is 113 cm³/mol. The average Bonchev–Trinajstić information content (AvgIpc) is 3.40. The summed E-state index contributed by atoms with van der Waals surface area (Å²) in [6.07, 6.45) is 2.41. The highest BCUT2D eigenvalue weighted by atomic mass is 16.5. The van der Waals surface area contributed by atoms with Gasteiger partial charge >= 0.3 is 0 Å². The summed E-state index contributed by atoms with van der Waals surface area (Å²) in [6, 6.07) is 18.1. The molecule has 2 aliphatic rings. The minimum absolute atomic E-state index is 0.566. The maximum absolute atomic E-state index is 5.87. The summed E-state index contributed by atoms with van der Waals surface area (Å²) in [5.41, 5.74) is 2.06. The van der Waals surface area contributed by atoms with Crippen molar-refractivity contribution in [2.45, 2.75) is 19.4 Å². The molecule has 1 fully saturated rings. The molecule has 0 unspecified atom stereocenters. The Morgan fingerprint density at radius 2 is 1.79 bits per heavy atom. The number of likely N-dealkylation sites (N-methyl/N-ethyl adjacent to an activating group) is 1. The molecule has 2 heterocycles. The number of likely N-dealkylation sites (tertiary alicyclic amines) is 1. The Kier molecular flexibility index (Phi) is 5.75. The Balaban J connectivity index is 1.44. The number of benzene rings is 2. The molecule has 1 saturated heterocycles. The van der Waals surface area contributed by atoms with E-state index in [2.05, 4.69) is 39.3 Å². The summed E-state index contributed by atoms with van der Waals surface area (Å²) >= 11 is 0. The van der Waals surface area contributed by atoms with Gasteiger partial charge in [-0.3, -0.25) is 10.3 Å². The molecule has 0 bridgehead atoms. The number of guanidine groups is 2. The van der Waals surface area contributed by atoms with E-state index in [1.54, 1.807) is 0 Å². The van der Waals surface area contributed by atoms with Crippen molar-refractivity contribution in [1.82, 2.24) is 15.1 Å². The van der Waals surface area contributed by atoms with E-state index >= 15 is 0 Å². The second-order valence-electron chi connectivity index (χ2n) is 7.15. The molecule has 2 aliphatic heterocycles. The number of hydrogen-bond acceptors (Lipinski definition) is 4. The third kappa shape index (κ3) is 4.63. The number of nitrogens with zero attached hydrogens (tertiary/aromatic N) is 4. The van der Waals surface area contributed by atoms with E-state index in [-0.39, 0.29) is 0 Å². The van der Waals surface area contributed by atoms with Crippen LogP contribution in [0.1, 0.15) is 18.4 Å². The van der Waals surface area contributed by atoms with Gasteiger partial charge in [-0.15, -0.1) is 0 Å². The van der Waals surface area contributed by atoms with Gasteiger partial charge in [0.1, 0.15) is 12.4 Å². The monoisotopic (exact) mass is 377 g/mol. The summed E-state index contributed by atoms with van der Waals surface area (Å²) in [5.74, 6) is 2.62. The standard InChI is InChI=1S/C22H27N5O/c1-26-16-13-23-21(26)25-22(27-14-5-6-15-27)24-19-9-11-20(12-10-19)28-17-18-7-3-2-4-8-18/h2-4,7-12H,5-6,13-17H2,1H3,(H,23,24,25). The smallest absolute Gasteiger partial charge is 0.206 e. The lowest BCUT2D eigenvalue weighted by Crippen LogP contribution is -2.46. The van der Waals surface area contributed by atoms with Crippen molar-refractivity contribution < 1.29 is 4.74 Å². The van der Waals surface area contributed by atoms with Crippen LogP contribution >= 0.6 is 0 Å². The second-order valence-corrected chi connectivity index (χ2v) is 7.15. The van der Waals surface area contributed by atoms with Crippen LogP contribution in [-0.2, 0) is 6.61 Å². The highest BCUT2D eigenvalue weighted by molar-refractivity contribution is 6.00. The van der Waals surface area contributed by atoms with Crippen molar-refractivity contribution in [2.24, 2.45) is 9.98 Å². The number of nitrogens with one attached hydrogen (secondary N) is 1. The molecule has 2 aromatic carbocycles. The molecular weight excluding hydrogens is 350 g/mol. The van der Waals surface area contributed by atoms with Gasteiger partial charge in [0.15, 0.2) is 0 Å². The molecule has 0 amide bonds. The lowest BCUT2D eigenvalue weighted by Gasteiger charge is -2.23. The molecule has 2 aromatic rings. The van der Waals surface area contributed by atoms with Crippen LogP contribution in [0.3, 0.4) is 0 Å². The third-order valence-electron chi connectivity index (χ3n) is 5.01. The van der Waals surface area contributed by atoms with Gasteiger partial charge in [-0.1, -0.05) is 30.3 Å². The maximum atomic E-state index is 5.87. The lowest BCUT2D eigenvalue weighted by atomic mass is 10.2. The molecule has 4 rings (SSSR count). The van der Waals surface area contributed by atoms with Crippen molar-refractivity contribution in [1.29, 1.82) is 0 Å². The van der Waals surface area contributed by atoms with E-state index in [9.17, 15) is 0 Å². The molecule has 6 heteroatoms. The molecule has 0 aromatic heterocycles. The fraction of sp³-hybridized carbons (Fsp3) is 0.364. The predicted octanol–water partition coefficient (Wildman–Crippen LogP) is 3.24. The zero-order valence-corrected chi connectivity index (χ0v) is 16.3. The first-order valence-corrected chi connectivity index (χ1v) is 9.91. The zero-order chi connectivity index (χ0) is 19.2. The molecule has 0 saturated carbocycles. The Labute approximate surface area is 166 Å². The maximum Gasteiger partial charge on any atom is 0.206 e. The molecule has 0 aliphatic carbocycles. The van der Waals surface area contributed by atoms with Crippen LogP contribution in [0.2, 0.25) is 0 Å². The molecule has 0 atom stereocenters. The summed E-state index contributed by atoms with van der Waals surface area (Å²) < 4.78 is 5.87. The van der Waals surface area contributed by atoms with Gasteiger partial charge in [-0.25, -0.2) is 4.99 Å². The zero-order valence-electron chi connectivity index (χ0n) is 16.3. The van der Waals surface area contributed by atoms with Gasteiger partial charge in [-0.05, 0) is 42.7 Å². The van der Waals surface area contributed by atoms with Crippen LogP contribution in [0, 0.1) is 0 Å². The first-order valence-electron chi connectivity index (χ1n) is 9.91. The Morgan fingerprint density at radius 3 is 2.46 bits per heavy atom. The summed E-state index contributed by atoms with van der Waals surface area (Å²) in [7, 11) is 2.05. The van der Waals surface area contributed by atoms with Crippen molar-refractivity contribution >= 4 is 17.6 Å². The summed E-state index contributed by atoms with van der Waals surface area (Å²) in [5, 5.41) is 3.44. The van der Waals surface area contributed by atoms with Crippen LogP contribution in [-0.4, -0.2) is 54.9 Å². The molecule has 28 heavy (non-hydrogen) atoms. The fourth-order valence-corrected chi connectivity index (χ4v) is 3.35. The topological polar surface area (TPSA) is 52.5 Å². The number of rotatable bonds is 4. The molecule has 146 valence electrons. The van der Waals surface area contributed by atoms with E-state index in [4.69, 9.17) is 9.73 Å². The number of aliphatic imine (C=N–C) groups is 2. The third-order valence-corrected chi connectivity index (χ3v) is 5.01. The van der Waals surface area contributed by atoms with E-state index in [1.807, 2.05) is 42.5 Å². The van der Waals surface area contributed by atoms with Crippen molar-refractivity contribution in [3.63, 3.8) is 0 Å². The number of ether oxygens (including phenoxy) is 1. The summed E-state index contributed by atoms with van der Waals surface area (Å²) in [6.45, 7) is 4.40. The van der Waals surface area contributed by atoms with Crippen LogP contribution < -0.4 is 10.1 Å². The van der Waals surface area contributed by atoms with Crippen LogP contribution in [0.5, 0.6) is 5.75 Å². The van der Waals surface area contributed by atoms with E-state index in [1.165, 1.54) is 12.8 Å². The lowest BCUT2D eigenvalue weighted by molar-refractivity contribution is 0.306. The average molecular weight is 377 g/mol. The number of hydrogen-bond donors (Lipinski definition) is 1. The Bertz CT molecular complexity index is 826. The molecule has 0 radical (unpaired) electrons. The van der Waals surface area contributed by atoms with Gasteiger partial charge in [0.25, 0.3) is 0 Å². The fourth-order valence-electron chi connectivity index (χ4n) is 3.35. The minimum Gasteiger partial charge on any atom is -0.489 e. The highest BCUT2D eigenvalue weighted by Gasteiger charge is 2.21. The molecule has 6 nitrogen and oxygen atoms in total. The largest absolute Gasteiger partial charge is 0.489 e. The van der Waals surface area contributed by atoms with Gasteiger partial charge in [0, 0.05) is 26.7 Å². The van der Waals surface area contributed by atoms with Crippen molar-refractivity contribution in [2.75, 3.05) is 33.2 Å². The molecule has 0 spiro atoms. The minimum atomic E-state index is 0.566. The van der Waals surface area contributed by atoms with E-state index < -0.39 is 0 Å². The summed E-state index contributed by atoms with van der Waals surface area (Å²) in [4.78, 5) is 13.8. The first-order chi connectivity index (χ1) is 13.8. The van der Waals surface area contributed by atoms with Crippen LogP contribution in [0.15, 0.2) is 64.6 Å². The van der Waals surface area contributed by atoms with E-state index in [0.717, 1.165) is 55.1 Å². The van der Waals surface area contributed by atoms with Gasteiger partial charge in [0.05, 0.1) is 12.2 Å². The van der Waals surface area contributed by atoms with Crippen molar-refractivity contribution in [3.8, 4) is 5.75 Å². The normalized spacial score (nSPS) is 17.0. The molecular formula is C22H27N5O. The first kappa shape index (κ1) is 18.3. The van der Waals surface area contributed by atoms with E-state index in [0.29, 0.717) is 6.61 Å². The quantitative estimate of drug-likeness (QED) is 0.657. The SMILES string of the molecule is CN1CCN=C1NC(=Nc1ccc(OCc2ccccc2)cc1)N1CCCC1. The van der Waals surface area contributed by atoms with Gasteiger partial charge in [0.2, 0.25) is 11.9 Å². The molecule has 1 N–H and O–H groups in total. The van der Waals surface area contributed by atoms with Crippen molar-refractivity contribution in [3.05, 3.63) is 60.2 Å². The Morgan fingerprint density at radius 1 is 1.04 bits per heavy atom. The van der Waals surface area contributed by atoms with Gasteiger partial charge in [-0.2, -0.15) is 0 Å². The van der Waals surface area contributed by atoms with Crippen LogP contribution in [0.25, 0.3) is 0 Å². The van der Waals surface area contributed by atoms with Gasteiger partial charge < -0.3 is 14.5 Å².